The van der Waals surface area contributed by atoms with E-state index in [4.69, 9.17) is 20.8 Å². The first kappa shape index (κ1) is 20.0. The first-order valence-corrected chi connectivity index (χ1v) is 10.1. The van der Waals surface area contributed by atoms with Gasteiger partial charge in [-0.1, -0.05) is 48.0 Å². The van der Waals surface area contributed by atoms with Crippen LogP contribution in [0.3, 0.4) is 0 Å². The van der Waals surface area contributed by atoms with Gasteiger partial charge in [0.1, 0.15) is 23.8 Å². The Kier molecular flexibility index (Phi) is 5.77. The molecule has 2 aromatic heterocycles. The molecule has 7 heteroatoms. The van der Waals surface area contributed by atoms with Crippen molar-refractivity contribution in [3.63, 3.8) is 0 Å². The number of aryl methyl sites for hydroxylation is 1. The number of amides is 1. The van der Waals surface area contributed by atoms with Crippen LogP contribution in [-0.4, -0.2) is 27.6 Å². The fourth-order valence-electron chi connectivity index (χ4n) is 3.23. The van der Waals surface area contributed by atoms with Crippen molar-refractivity contribution in [3.8, 4) is 5.75 Å². The lowest BCUT2D eigenvalue weighted by molar-refractivity contribution is 0.0747. The third-order valence-electron chi connectivity index (χ3n) is 4.84. The number of carbonyl (C=O) groups is 1. The van der Waals surface area contributed by atoms with E-state index in [1.165, 1.54) is 4.90 Å². The van der Waals surface area contributed by atoms with Crippen LogP contribution in [0.25, 0.3) is 10.8 Å². The summed E-state index contributed by atoms with van der Waals surface area (Å²) in [7, 11) is 1.69. The predicted molar refractivity (Wildman–Crippen MR) is 116 cm³/mol. The Balaban J connectivity index is 1.41. The van der Waals surface area contributed by atoms with Crippen molar-refractivity contribution in [1.29, 1.82) is 0 Å². The minimum absolute atomic E-state index is 0.234. The summed E-state index contributed by atoms with van der Waals surface area (Å²) in [4.78, 5) is 14.2. The van der Waals surface area contributed by atoms with Crippen molar-refractivity contribution in [2.24, 2.45) is 0 Å². The predicted octanol–water partition coefficient (Wildman–Crippen LogP) is 5.15. The lowest BCUT2D eigenvalue weighted by Crippen LogP contribution is -2.26. The Bertz CT molecular complexity index is 1180. The van der Waals surface area contributed by atoms with Gasteiger partial charge in [-0.3, -0.25) is 9.48 Å². The number of furan rings is 1. The molecule has 0 aliphatic rings. The lowest BCUT2D eigenvalue weighted by atomic mass is 10.1. The normalized spacial score (nSPS) is 11.0. The molecule has 0 saturated carbocycles. The summed E-state index contributed by atoms with van der Waals surface area (Å²) in [6.07, 6.45) is 1.75. The van der Waals surface area contributed by atoms with Crippen LogP contribution >= 0.6 is 11.6 Å². The number of hydrogen-bond donors (Lipinski definition) is 0. The van der Waals surface area contributed by atoms with Crippen LogP contribution in [0.2, 0.25) is 5.02 Å². The standard InChI is InChI=1S/C23H22ClN3O3/c1-3-27-13-19(24)20(25-27)14-26(2)23(28)22-12-11-17(30-22)15-29-21-10-6-8-16-7-4-5-9-18(16)21/h4-13H,3,14-15H2,1-2H3. The molecule has 4 aromatic rings. The van der Waals surface area contributed by atoms with Crippen molar-refractivity contribution in [1.82, 2.24) is 14.7 Å². The van der Waals surface area contributed by atoms with Gasteiger partial charge in [-0.2, -0.15) is 5.10 Å². The monoisotopic (exact) mass is 423 g/mol. The van der Waals surface area contributed by atoms with Crippen molar-refractivity contribution in [2.75, 3.05) is 7.05 Å². The van der Waals surface area contributed by atoms with Crippen molar-refractivity contribution < 1.29 is 13.9 Å². The highest BCUT2D eigenvalue weighted by atomic mass is 35.5. The number of nitrogens with zero attached hydrogens (tertiary/aromatic N) is 3. The number of benzene rings is 2. The van der Waals surface area contributed by atoms with Gasteiger partial charge in [0.15, 0.2) is 5.76 Å². The second-order valence-corrected chi connectivity index (χ2v) is 7.38. The minimum Gasteiger partial charge on any atom is -0.485 e. The Morgan fingerprint density at radius 3 is 2.77 bits per heavy atom. The maximum absolute atomic E-state index is 12.7. The maximum atomic E-state index is 12.7. The summed E-state index contributed by atoms with van der Waals surface area (Å²) >= 11 is 6.20. The van der Waals surface area contributed by atoms with Gasteiger partial charge in [0, 0.05) is 25.2 Å². The molecule has 1 amide bonds. The SMILES string of the molecule is CCn1cc(Cl)c(CN(C)C(=O)c2ccc(COc3cccc4ccccc34)o2)n1. The average molecular weight is 424 g/mol. The molecule has 4 rings (SSSR count). The molecule has 30 heavy (non-hydrogen) atoms. The number of fused-ring (bicyclic) bond motifs is 1. The Morgan fingerprint density at radius 1 is 1.17 bits per heavy atom. The summed E-state index contributed by atoms with van der Waals surface area (Å²) < 4.78 is 13.4. The topological polar surface area (TPSA) is 60.5 Å². The van der Waals surface area contributed by atoms with Gasteiger partial charge in [-0.25, -0.2) is 0 Å². The number of ether oxygens (including phenoxy) is 1. The van der Waals surface area contributed by atoms with Gasteiger partial charge in [0.2, 0.25) is 0 Å². The zero-order valence-corrected chi connectivity index (χ0v) is 17.6. The number of halogens is 1. The Morgan fingerprint density at radius 2 is 1.97 bits per heavy atom. The molecule has 0 bridgehead atoms. The summed E-state index contributed by atoms with van der Waals surface area (Å²) in [5.74, 6) is 1.36. The van der Waals surface area contributed by atoms with Crippen LogP contribution in [0.15, 0.2) is 65.2 Å². The van der Waals surface area contributed by atoms with Crippen LogP contribution in [0.5, 0.6) is 5.75 Å². The second-order valence-electron chi connectivity index (χ2n) is 6.97. The van der Waals surface area contributed by atoms with Gasteiger partial charge in [0.25, 0.3) is 5.91 Å². The Labute approximate surface area is 179 Å². The number of carbonyl (C=O) groups excluding carboxylic acids is 1. The third kappa shape index (κ3) is 4.19. The summed E-state index contributed by atoms with van der Waals surface area (Å²) in [6.45, 7) is 3.23. The highest BCUT2D eigenvalue weighted by Gasteiger charge is 2.19. The molecule has 0 unspecified atom stereocenters. The van der Waals surface area contributed by atoms with Crippen LogP contribution in [-0.2, 0) is 19.7 Å². The quantitative estimate of drug-likeness (QED) is 0.412. The van der Waals surface area contributed by atoms with Crippen LogP contribution in [0.1, 0.15) is 28.9 Å². The van der Waals surface area contributed by atoms with E-state index in [0.717, 1.165) is 23.1 Å². The smallest absolute Gasteiger partial charge is 0.289 e. The molecular formula is C23H22ClN3O3. The molecule has 0 radical (unpaired) electrons. The van der Waals surface area contributed by atoms with Crippen molar-refractivity contribution >= 4 is 28.3 Å². The van der Waals surface area contributed by atoms with Crippen LogP contribution in [0.4, 0.5) is 0 Å². The van der Waals surface area contributed by atoms with E-state index in [9.17, 15) is 4.79 Å². The fraction of sp³-hybridized carbons (Fsp3) is 0.217. The van der Waals surface area contributed by atoms with Gasteiger partial charge < -0.3 is 14.1 Å². The molecule has 0 aliphatic heterocycles. The summed E-state index contributed by atoms with van der Waals surface area (Å²) in [5.41, 5.74) is 0.653. The van der Waals surface area contributed by atoms with E-state index in [2.05, 4.69) is 5.10 Å². The third-order valence-corrected chi connectivity index (χ3v) is 5.15. The van der Waals surface area contributed by atoms with Gasteiger partial charge in [-0.15, -0.1) is 0 Å². The summed E-state index contributed by atoms with van der Waals surface area (Å²) in [5, 5.41) is 7.06. The molecule has 0 atom stereocenters. The molecule has 6 nitrogen and oxygen atoms in total. The second kappa shape index (κ2) is 8.63. The Hall–Kier alpha value is -3.25. The van der Waals surface area contributed by atoms with E-state index in [1.54, 1.807) is 30.1 Å². The number of hydrogen-bond acceptors (Lipinski definition) is 4. The molecule has 0 spiro atoms. The number of aromatic nitrogens is 2. The van der Waals surface area contributed by atoms with E-state index in [-0.39, 0.29) is 18.3 Å². The molecule has 2 heterocycles. The zero-order chi connectivity index (χ0) is 21.1. The van der Waals surface area contributed by atoms with Crippen molar-refractivity contribution in [3.05, 3.63) is 83.0 Å². The van der Waals surface area contributed by atoms with E-state index in [1.807, 2.05) is 49.4 Å². The molecule has 0 aliphatic carbocycles. The van der Waals surface area contributed by atoms with Gasteiger partial charge in [-0.05, 0) is 30.5 Å². The largest absolute Gasteiger partial charge is 0.485 e. The zero-order valence-electron chi connectivity index (χ0n) is 16.8. The summed E-state index contributed by atoms with van der Waals surface area (Å²) in [6, 6.07) is 17.4. The molecule has 2 aromatic carbocycles. The minimum atomic E-state index is -0.242. The lowest BCUT2D eigenvalue weighted by Gasteiger charge is -2.14. The fourth-order valence-corrected chi connectivity index (χ4v) is 3.44. The molecule has 0 N–H and O–H groups in total. The molecule has 154 valence electrons. The molecule has 0 fully saturated rings. The van der Waals surface area contributed by atoms with Crippen LogP contribution in [0, 0.1) is 0 Å². The highest BCUT2D eigenvalue weighted by molar-refractivity contribution is 6.31. The average Bonchev–Trinajstić information content (AvgIpc) is 3.38. The van der Waals surface area contributed by atoms with Gasteiger partial charge >= 0.3 is 0 Å². The van der Waals surface area contributed by atoms with Crippen molar-refractivity contribution in [2.45, 2.75) is 26.6 Å². The molecule has 0 saturated heterocycles. The number of rotatable bonds is 7. The maximum Gasteiger partial charge on any atom is 0.289 e. The van der Waals surface area contributed by atoms with E-state index in [0.29, 0.717) is 23.0 Å². The first-order valence-electron chi connectivity index (χ1n) is 9.71. The highest BCUT2D eigenvalue weighted by Crippen LogP contribution is 2.26. The van der Waals surface area contributed by atoms with E-state index >= 15 is 0 Å². The van der Waals surface area contributed by atoms with E-state index < -0.39 is 0 Å². The molecular weight excluding hydrogens is 402 g/mol. The van der Waals surface area contributed by atoms with Crippen LogP contribution < -0.4 is 4.74 Å². The first-order chi connectivity index (χ1) is 14.5. The van der Waals surface area contributed by atoms with Gasteiger partial charge in [0.05, 0.1) is 11.6 Å².